The van der Waals surface area contributed by atoms with Gasteiger partial charge < -0.3 is 10.3 Å². The lowest BCUT2D eigenvalue weighted by Crippen LogP contribution is -2.19. The molecule has 168 valence electrons. The first kappa shape index (κ1) is 20.0. The molecule has 0 fully saturated rings. The van der Waals surface area contributed by atoms with E-state index in [9.17, 15) is 4.79 Å². The van der Waals surface area contributed by atoms with Crippen molar-refractivity contribution in [2.24, 2.45) is 21.1 Å². The number of anilines is 1. The molecule has 34 heavy (non-hydrogen) atoms. The minimum Gasteiger partial charge on any atom is -0.384 e. The fourth-order valence-corrected chi connectivity index (χ4v) is 4.48. The van der Waals surface area contributed by atoms with Gasteiger partial charge in [-0.1, -0.05) is 6.07 Å². The molecule has 2 aromatic carbocycles. The predicted octanol–water partition coefficient (Wildman–Crippen LogP) is 3.26. The van der Waals surface area contributed by atoms with Crippen molar-refractivity contribution in [3.63, 3.8) is 0 Å². The second-order valence-electron chi connectivity index (χ2n) is 8.41. The van der Waals surface area contributed by atoms with Crippen LogP contribution in [-0.2, 0) is 21.1 Å². The van der Waals surface area contributed by atoms with E-state index in [1.165, 1.54) is 0 Å². The number of nitrogen functional groups attached to an aromatic ring is 1. The summed E-state index contributed by atoms with van der Waals surface area (Å²) in [5, 5.41) is 0. The molecule has 0 aliphatic heterocycles. The summed E-state index contributed by atoms with van der Waals surface area (Å²) in [6.45, 7) is 0. The second kappa shape index (κ2) is 7.17. The van der Waals surface area contributed by atoms with Gasteiger partial charge in [0.05, 0.1) is 34.6 Å². The van der Waals surface area contributed by atoms with Crippen LogP contribution in [0, 0.1) is 0 Å². The molecule has 0 amide bonds. The van der Waals surface area contributed by atoms with E-state index in [1.807, 2.05) is 35.9 Å². The van der Waals surface area contributed by atoms with Crippen LogP contribution in [0.25, 0.3) is 50.4 Å². The average molecular weight is 451 g/mol. The number of hydrogen-bond acceptors (Lipinski definition) is 5. The first-order valence-electron chi connectivity index (χ1n) is 10.8. The maximum Gasteiger partial charge on any atom is 0.328 e. The van der Waals surface area contributed by atoms with Gasteiger partial charge in [0.1, 0.15) is 11.5 Å². The van der Waals surface area contributed by atoms with Crippen molar-refractivity contribution in [1.29, 1.82) is 0 Å². The molecule has 6 aromatic rings. The molecular formula is C25H22N8O. The van der Waals surface area contributed by atoms with E-state index in [2.05, 4.69) is 32.7 Å². The lowest BCUT2D eigenvalue weighted by Gasteiger charge is -2.11. The normalized spacial score (nSPS) is 11.6. The van der Waals surface area contributed by atoms with E-state index < -0.39 is 0 Å². The summed E-state index contributed by atoms with van der Waals surface area (Å²) >= 11 is 0. The van der Waals surface area contributed by atoms with Gasteiger partial charge in [0.2, 0.25) is 0 Å². The summed E-state index contributed by atoms with van der Waals surface area (Å²) in [6.07, 6.45) is 5.33. The third-order valence-corrected chi connectivity index (χ3v) is 6.33. The van der Waals surface area contributed by atoms with Crippen molar-refractivity contribution < 1.29 is 0 Å². The van der Waals surface area contributed by atoms with E-state index in [1.54, 1.807) is 48.0 Å². The molecule has 0 saturated heterocycles. The molecular weight excluding hydrogens is 428 g/mol. The highest BCUT2D eigenvalue weighted by Gasteiger charge is 2.19. The first-order chi connectivity index (χ1) is 16.4. The molecule has 2 N–H and O–H groups in total. The lowest BCUT2D eigenvalue weighted by atomic mass is 10.1. The molecule has 6 rings (SSSR count). The van der Waals surface area contributed by atoms with Crippen LogP contribution in [0.15, 0.2) is 72.0 Å². The number of nitrogens with two attached hydrogens (primary N) is 1. The van der Waals surface area contributed by atoms with Crippen LogP contribution in [0.2, 0.25) is 0 Å². The molecule has 0 radical (unpaired) electrons. The van der Waals surface area contributed by atoms with Crippen LogP contribution in [0.5, 0.6) is 0 Å². The lowest BCUT2D eigenvalue weighted by molar-refractivity contribution is 0.795. The summed E-state index contributed by atoms with van der Waals surface area (Å²) in [5.41, 5.74) is 13.0. The van der Waals surface area contributed by atoms with Gasteiger partial charge in [0, 0.05) is 38.6 Å². The van der Waals surface area contributed by atoms with Crippen LogP contribution in [0.1, 0.15) is 0 Å². The average Bonchev–Trinajstić information content (AvgIpc) is 3.50. The monoisotopic (exact) mass is 450 g/mol. The Morgan fingerprint density at radius 2 is 1.59 bits per heavy atom. The molecule has 4 heterocycles. The van der Waals surface area contributed by atoms with Crippen LogP contribution in [-0.4, -0.2) is 33.2 Å². The van der Waals surface area contributed by atoms with Gasteiger partial charge in [-0.15, -0.1) is 0 Å². The Balaban J connectivity index is 1.63. The van der Waals surface area contributed by atoms with Crippen molar-refractivity contribution in [3.8, 4) is 28.3 Å². The molecule has 0 bridgehead atoms. The number of nitrogens with zero attached hydrogens (tertiary/aromatic N) is 7. The molecule has 0 spiro atoms. The van der Waals surface area contributed by atoms with Crippen molar-refractivity contribution in [2.75, 3.05) is 5.73 Å². The number of rotatable bonds is 3. The zero-order chi connectivity index (χ0) is 23.6. The molecule has 0 aliphatic carbocycles. The van der Waals surface area contributed by atoms with E-state index in [-0.39, 0.29) is 5.69 Å². The zero-order valence-corrected chi connectivity index (χ0v) is 19.0. The summed E-state index contributed by atoms with van der Waals surface area (Å²) in [7, 11) is 5.52. The third kappa shape index (κ3) is 2.87. The van der Waals surface area contributed by atoms with Gasteiger partial charge in [-0.25, -0.2) is 19.7 Å². The number of fused-ring (bicyclic) bond motifs is 2. The Morgan fingerprint density at radius 1 is 0.824 bits per heavy atom. The fraction of sp³-hybridized carbons (Fsp3) is 0.120. The summed E-state index contributed by atoms with van der Waals surface area (Å²) in [5.74, 6) is 1.25. The Hall–Kier alpha value is -4.66. The highest BCUT2D eigenvalue weighted by molar-refractivity contribution is 5.88. The third-order valence-electron chi connectivity index (χ3n) is 6.33. The Labute approximate surface area is 194 Å². The maximum absolute atomic E-state index is 12.5. The van der Waals surface area contributed by atoms with Gasteiger partial charge >= 0.3 is 5.69 Å². The van der Waals surface area contributed by atoms with Crippen LogP contribution >= 0.6 is 0 Å². The number of imidazole rings is 3. The van der Waals surface area contributed by atoms with E-state index in [4.69, 9.17) is 10.7 Å². The van der Waals surface area contributed by atoms with Gasteiger partial charge in [-0.2, -0.15) is 0 Å². The minimum atomic E-state index is -0.0590. The zero-order valence-electron chi connectivity index (χ0n) is 19.0. The van der Waals surface area contributed by atoms with E-state index in [0.717, 1.165) is 50.4 Å². The van der Waals surface area contributed by atoms with Crippen molar-refractivity contribution in [1.82, 2.24) is 33.2 Å². The number of hydrogen-bond donors (Lipinski definition) is 1. The Kier molecular flexibility index (Phi) is 4.22. The van der Waals surface area contributed by atoms with Crippen molar-refractivity contribution >= 4 is 27.9 Å². The summed E-state index contributed by atoms with van der Waals surface area (Å²) in [6, 6.07) is 15.9. The predicted molar refractivity (Wildman–Crippen MR) is 133 cm³/mol. The molecule has 9 heteroatoms. The number of pyridine rings is 1. The standard InChI is InChI=1S/C25H22N8O/c1-30-14-27-13-22(30)24-29-18-10-15(16-5-9-23(26)28-12-16)4-7-19(18)33(24)17-6-8-20-21(11-17)32(3)25(34)31(20)2/h4-14H,1-3H3,(H2,26,28). The van der Waals surface area contributed by atoms with E-state index in [0.29, 0.717) is 5.82 Å². The van der Waals surface area contributed by atoms with Crippen molar-refractivity contribution in [3.05, 3.63) is 77.7 Å². The highest BCUT2D eigenvalue weighted by Crippen LogP contribution is 2.32. The van der Waals surface area contributed by atoms with Crippen LogP contribution in [0.3, 0.4) is 0 Å². The molecule has 4 aromatic heterocycles. The smallest absolute Gasteiger partial charge is 0.328 e. The number of aryl methyl sites for hydroxylation is 3. The SMILES string of the molecule is Cn1cncc1-c1nc2cc(-c3ccc(N)nc3)ccc2n1-c1ccc2c(c1)n(C)c(=O)n2C. The summed E-state index contributed by atoms with van der Waals surface area (Å²) in [4.78, 5) is 26.0. The molecule has 0 aliphatic rings. The molecule has 9 nitrogen and oxygen atoms in total. The van der Waals surface area contributed by atoms with Gasteiger partial charge in [0.15, 0.2) is 5.82 Å². The summed E-state index contributed by atoms with van der Waals surface area (Å²) < 4.78 is 7.36. The Morgan fingerprint density at radius 3 is 2.32 bits per heavy atom. The largest absolute Gasteiger partial charge is 0.384 e. The topological polar surface area (TPSA) is 101 Å². The number of benzene rings is 2. The van der Waals surface area contributed by atoms with Gasteiger partial charge in [0.25, 0.3) is 0 Å². The second-order valence-corrected chi connectivity index (χ2v) is 8.41. The van der Waals surface area contributed by atoms with Gasteiger partial charge in [-0.05, 0) is 48.0 Å². The number of aromatic nitrogens is 7. The molecule has 0 saturated carbocycles. The maximum atomic E-state index is 12.5. The quantitative estimate of drug-likeness (QED) is 0.446. The molecule has 0 unspecified atom stereocenters. The van der Waals surface area contributed by atoms with Crippen LogP contribution in [0.4, 0.5) is 5.82 Å². The van der Waals surface area contributed by atoms with Crippen molar-refractivity contribution in [2.45, 2.75) is 0 Å². The fourth-order valence-electron chi connectivity index (χ4n) is 4.48. The van der Waals surface area contributed by atoms with Gasteiger partial charge in [-0.3, -0.25) is 13.7 Å². The molecule has 0 atom stereocenters. The minimum absolute atomic E-state index is 0.0590. The van der Waals surface area contributed by atoms with E-state index >= 15 is 0 Å². The highest BCUT2D eigenvalue weighted by atomic mass is 16.1. The first-order valence-corrected chi connectivity index (χ1v) is 10.8. The Bertz CT molecular complexity index is 1770. The van der Waals surface area contributed by atoms with Crippen LogP contribution < -0.4 is 11.4 Å².